The smallest absolute Gasteiger partial charge is 0.416 e. The molecule has 1 atom stereocenters. The normalized spacial score (nSPS) is 12.9. The summed E-state index contributed by atoms with van der Waals surface area (Å²) in [6.07, 6.45) is -3.99. The van der Waals surface area contributed by atoms with Crippen molar-refractivity contribution in [3.05, 3.63) is 59.2 Å². The van der Waals surface area contributed by atoms with E-state index in [2.05, 4.69) is 0 Å². The predicted octanol–water partition coefficient (Wildman–Crippen LogP) is 4.41. The van der Waals surface area contributed by atoms with Crippen molar-refractivity contribution in [2.45, 2.75) is 32.0 Å². The fraction of sp³-hybridized carbons (Fsp3) is 0.278. The van der Waals surface area contributed by atoms with Gasteiger partial charge in [0, 0.05) is 6.04 Å². The first kappa shape index (κ1) is 18.0. The van der Waals surface area contributed by atoms with E-state index in [-0.39, 0.29) is 6.42 Å². The third-order valence-corrected chi connectivity index (χ3v) is 3.87. The lowest BCUT2D eigenvalue weighted by molar-refractivity contribution is -0.138. The predicted molar refractivity (Wildman–Crippen MR) is 85.4 cm³/mol. The van der Waals surface area contributed by atoms with Gasteiger partial charge in [-0.3, -0.25) is 4.79 Å². The van der Waals surface area contributed by atoms with Crippen LogP contribution in [0.4, 0.5) is 13.2 Å². The molecule has 0 radical (unpaired) electrons. The summed E-state index contributed by atoms with van der Waals surface area (Å²) in [6.45, 7) is 1.87. The quantitative estimate of drug-likeness (QED) is 0.849. The summed E-state index contributed by atoms with van der Waals surface area (Å²) in [6, 6.07) is 9.53. The van der Waals surface area contributed by atoms with Crippen LogP contribution in [0, 0.1) is 0 Å². The van der Waals surface area contributed by atoms with Gasteiger partial charge in [0.25, 0.3) is 0 Å². The van der Waals surface area contributed by atoms with Gasteiger partial charge in [0.2, 0.25) is 0 Å². The summed E-state index contributed by atoms with van der Waals surface area (Å²) in [5.41, 5.74) is 7.90. The Morgan fingerprint density at radius 3 is 2.29 bits per heavy atom. The number of carbonyl (C=O) groups is 1. The largest absolute Gasteiger partial charge is 0.481 e. The Hall–Kier alpha value is -2.34. The van der Waals surface area contributed by atoms with Gasteiger partial charge in [-0.25, -0.2) is 0 Å². The number of alkyl halides is 3. The van der Waals surface area contributed by atoms with Crippen LogP contribution >= 0.6 is 0 Å². The van der Waals surface area contributed by atoms with Crippen LogP contribution in [0.3, 0.4) is 0 Å². The Morgan fingerprint density at radius 1 is 1.17 bits per heavy atom. The zero-order valence-electron chi connectivity index (χ0n) is 13.1. The highest BCUT2D eigenvalue weighted by molar-refractivity contribution is 5.75. The molecule has 3 nitrogen and oxygen atoms in total. The Morgan fingerprint density at radius 2 is 1.79 bits per heavy atom. The summed E-state index contributed by atoms with van der Waals surface area (Å²) in [5, 5.41) is 9.07. The molecule has 0 fully saturated rings. The van der Waals surface area contributed by atoms with Crippen molar-refractivity contribution < 1.29 is 23.1 Å². The van der Waals surface area contributed by atoms with Crippen LogP contribution in [-0.2, 0) is 17.4 Å². The topological polar surface area (TPSA) is 63.3 Å². The second-order valence-electron chi connectivity index (χ2n) is 5.54. The van der Waals surface area contributed by atoms with Crippen molar-refractivity contribution in [1.29, 1.82) is 0 Å². The number of hydrogen-bond acceptors (Lipinski definition) is 2. The number of halogens is 3. The van der Waals surface area contributed by atoms with E-state index < -0.39 is 23.8 Å². The average molecular weight is 337 g/mol. The van der Waals surface area contributed by atoms with Crippen molar-refractivity contribution in [2.75, 3.05) is 0 Å². The first-order valence-corrected chi connectivity index (χ1v) is 7.50. The highest BCUT2D eigenvalue weighted by atomic mass is 19.4. The maximum Gasteiger partial charge on any atom is 0.416 e. The summed E-state index contributed by atoms with van der Waals surface area (Å²) in [4.78, 5) is 11.1. The lowest BCUT2D eigenvalue weighted by atomic mass is 9.88. The van der Waals surface area contributed by atoms with E-state index in [1.807, 2.05) is 6.92 Å². The first-order valence-electron chi connectivity index (χ1n) is 7.50. The molecule has 3 N–H and O–H groups in total. The van der Waals surface area contributed by atoms with Gasteiger partial charge in [0.05, 0.1) is 12.0 Å². The van der Waals surface area contributed by atoms with Gasteiger partial charge in [-0.15, -0.1) is 0 Å². The number of aliphatic carboxylic acids is 1. The van der Waals surface area contributed by atoms with E-state index in [9.17, 15) is 18.0 Å². The lowest BCUT2D eigenvalue weighted by Gasteiger charge is -2.19. The van der Waals surface area contributed by atoms with Crippen molar-refractivity contribution in [1.82, 2.24) is 0 Å². The second-order valence-corrected chi connectivity index (χ2v) is 5.54. The van der Waals surface area contributed by atoms with Crippen LogP contribution in [0.15, 0.2) is 42.5 Å². The minimum atomic E-state index is -4.40. The maximum absolute atomic E-state index is 12.7. The summed E-state index contributed by atoms with van der Waals surface area (Å²) in [5.74, 6) is -0.982. The number of carboxylic acids is 1. The van der Waals surface area contributed by atoms with Gasteiger partial charge >= 0.3 is 12.1 Å². The van der Waals surface area contributed by atoms with Crippen LogP contribution in [-0.4, -0.2) is 11.1 Å². The molecule has 0 bridgehead atoms. The summed E-state index contributed by atoms with van der Waals surface area (Å²) in [7, 11) is 0. The molecule has 2 aromatic rings. The standard InChI is InChI=1S/C18H18F3NO2/c1-2-15(22)17-12(10-16(23)24)4-3-5-14(17)11-6-8-13(9-7-11)18(19,20)21/h3-9,15H,2,10,22H2,1H3,(H,23,24). The molecule has 0 saturated heterocycles. The van der Waals surface area contributed by atoms with Crippen LogP contribution in [0.2, 0.25) is 0 Å². The molecule has 24 heavy (non-hydrogen) atoms. The molecule has 0 aromatic heterocycles. The Balaban J connectivity index is 2.55. The Bertz CT molecular complexity index is 724. The molecule has 6 heteroatoms. The number of carboxylic acid groups (broad SMARTS) is 1. The van der Waals surface area contributed by atoms with Crippen molar-refractivity contribution in [3.8, 4) is 11.1 Å². The van der Waals surface area contributed by atoms with Gasteiger partial charge in [0.1, 0.15) is 0 Å². The zero-order valence-corrected chi connectivity index (χ0v) is 13.1. The van der Waals surface area contributed by atoms with Gasteiger partial charge in [-0.2, -0.15) is 13.2 Å². The minimum Gasteiger partial charge on any atom is -0.481 e. The molecule has 0 saturated carbocycles. The summed E-state index contributed by atoms with van der Waals surface area (Å²) >= 11 is 0. The SMILES string of the molecule is CCC(N)c1c(CC(=O)O)cccc1-c1ccc(C(F)(F)F)cc1. The number of hydrogen-bond donors (Lipinski definition) is 2. The van der Waals surface area contributed by atoms with Crippen molar-refractivity contribution in [2.24, 2.45) is 5.73 Å². The van der Waals surface area contributed by atoms with E-state index >= 15 is 0 Å². The molecule has 0 amide bonds. The van der Waals surface area contributed by atoms with Crippen molar-refractivity contribution >= 4 is 5.97 Å². The summed E-state index contributed by atoms with van der Waals surface area (Å²) < 4.78 is 38.1. The molecule has 0 heterocycles. The highest BCUT2D eigenvalue weighted by Crippen LogP contribution is 2.34. The molecule has 0 aliphatic heterocycles. The third-order valence-electron chi connectivity index (χ3n) is 3.87. The van der Waals surface area contributed by atoms with Crippen molar-refractivity contribution in [3.63, 3.8) is 0 Å². The monoisotopic (exact) mass is 337 g/mol. The van der Waals surface area contributed by atoms with Crippen LogP contribution in [0.5, 0.6) is 0 Å². The minimum absolute atomic E-state index is 0.183. The van der Waals surface area contributed by atoms with E-state index in [1.165, 1.54) is 12.1 Å². The Kier molecular flexibility index (Phi) is 5.29. The number of nitrogens with two attached hydrogens (primary N) is 1. The van der Waals surface area contributed by atoms with Crippen LogP contribution in [0.1, 0.15) is 36.1 Å². The fourth-order valence-corrected chi connectivity index (χ4v) is 2.66. The van der Waals surface area contributed by atoms with Gasteiger partial charge in [-0.05, 0) is 40.8 Å². The van der Waals surface area contributed by atoms with Crippen LogP contribution in [0.25, 0.3) is 11.1 Å². The molecular formula is C18H18F3NO2. The van der Waals surface area contributed by atoms with Crippen LogP contribution < -0.4 is 5.73 Å². The molecule has 2 aromatic carbocycles. The first-order chi connectivity index (χ1) is 11.2. The van der Waals surface area contributed by atoms with E-state index in [4.69, 9.17) is 10.8 Å². The molecule has 2 rings (SSSR count). The molecule has 128 valence electrons. The highest BCUT2D eigenvalue weighted by Gasteiger charge is 2.30. The number of rotatable bonds is 5. The average Bonchev–Trinajstić information content (AvgIpc) is 2.52. The van der Waals surface area contributed by atoms with E-state index in [0.717, 1.165) is 12.1 Å². The molecule has 0 aliphatic carbocycles. The molecule has 0 aliphatic rings. The van der Waals surface area contributed by atoms with E-state index in [0.29, 0.717) is 28.7 Å². The fourth-order valence-electron chi connectivity index (χ4n) is 2.66. The Labute approximate surface area is 137 Å². The maximum atomic E-state index is 12.7. The molecule has 1 unspecified atom stereocenters. The van der Waals surface area contributed by atoms with E-state index in [1.54, 1.807) is 18.2 Å². The van der Waals surface area contributed by atoms with Gasteiger partial charge in [0.15, 0.2) is 0 Å². The molecular weight excluding hydrogens is 319 g/mol. The molecule has 0 spiro atoms. The lowest BCUT2D eigenvalue weighted by Crippen LogP contribution is -2.15. The van der Waals surface area contributed by atoms with Gasteiger partial charge in [-0.1, -0.05) is 37.3 Å². The third kappa shape index (κ3) is 3.94. The van der Waals surface area contributed by atoms with Gasteiger partial charge < -0.3 is 10.8 Å². The zero-order chi connectivity index (χ0) is 17.9. The second kappa shape index (κ2) is 7.05. The number of benzene rings is 2.